The quantitative estimate of drug-likeness (QED) is 0.686. The second-order valence-corrected chi connectivity index (χ2v) is 9.14. The number of fused-ring (bicyclic) bond motifs is 1. The van der Waals surface area contributed by atoms with Crippen LogP contribution in [-0.2, 0) is 13.0 Å². The molecule has 0 aliphatic carbocycles. The number of para-hydroxylation sites is 1. The molecule has 2 aromatic carbocycles. The summed E-state index contributed by atoms with van der Waals surface area (Å²) >= 11 is 0. The fraction of sp³-hybridized carbons (Fsp3) is 0.407. The van der Waals surface area contributed by atoms with E-state index in [-0.39, 0.29) is 18.0 Å². The molecule has 2 aliphatic heterocycles. The Morgan fingerprint density at radius 1 is 1.19 bits per heavy atom. The normalized spacial score (nSPS) is 20.4. The molecule has 1 N–H and O–H groups in total. The van der Waals surface area contributed by atoms with Crippen LogP contribution in [0.3, 0.4) is 0 Å². The van der Waals surface area contributed by atoms with Gasteiger partial charge in [0.1, 0.15) is 0 Å². The highest BCUT2D eigenvalue weighted by atomic mass is 16.2. The van der Waals surface area contributed by atoms with Gasteiger partial charge in [-0.05, 0) is 73.4 Å². The predicted octanol–water partition coefficient (Wildman–Crippen LogP) is 5.08. The number of amides is 3. The van der Waals surface area contributed by atoms with Crippen LogP contribution >= 0.6 is 0 Å². The molecule has 0 saturated carbocycles. The Bertz CT molecular complexity index is 1020. The summed E-state index contributed by atoms with van der Waals surface area (Å²) in [6.45, 7) is 9.97. The molecule has 1 saturated heterocycles. The fourth-order valence-electron chi connectivity index (χ4n) is 4.90. The van der Waals surface area contributed by atoms with Gasteiger partial charge in [-0.1, -0.05) is 37.3 Å². The molecule has 0 bridgehead atoms. The number of rotatable bonds is 4. The number of aryl methyl sites for hydroxylation is 2. The van der Waals surface area contributed by atoms with Crippen LogP contribution in [0.5, 0.6) is 0 Å². The van der Waals surface area contributed by atoms with E-state index in [1.807, 2.05) is 59.2 Å². The third kappa shape index (κ3) is 4.57. The Balaban J connectivity index is 1.45. The topological polar surface area (TPSA) is 52.7 Å². The van der Waals surface area contributed by atoms with E-state index in [4.69, 9.17) is 0 Å². The number of carbonyl (C=O) groups excluding carboxylic acids is 2. The lowest BCUT2D eigenvalue weighted by molar-refractivity contribution is 0.0986. The molecule has 0 aromatic heterocycles. The third-order valence-electron chi connectivity index (χ3n) is 6.71. The third-order valence-corrected chi connectivity index (χ3v) is 6.71. The van der Waals surface area contributed by atoms with E-state index in [1.54, 1.807) is 0 Å². The molecule has 0 radical (unpaired) electrons. The van der Waals surface area contributed by atoms with Gasteiger partial charge in [-0.2, -0.15) is 0 Å². The Kier molecular flexibility index (Phi) is 6.63. The highest BCUT2D eigenvalue weighted by Crippen LogP contribution is 2.28. The maximum Gasteiger partial charge on any atom is 0.318 e. The number of hydrogen-bond donors (Lipinski definition) is 1. The molecule has 2 heterocycles. The predicted molar refractivity (Wildman–Crippen MR) is 129 cm³/mol. The van der Waals surface area contributed by atoms with E-state index in [9.17, 15) is 9.59 Å². The lowest BCUT2D eigenvalue weighted by Gasteiger charge is -2.24. The zero-order valence-electron chi connectivity index (χ0n) is 19.1. The molecule has 2 aromatic rings. The van der Waals surface area contributed by atoms with Gasteiger partial charge in [0.25, 0.3) is 5.91 Å². The summed E-state index contributed by atoms with van der Waals surface area (Å²) in [7, 11) is 0. The van der Waals surface area contributed by atoms with Gasteiger partial charge in [0, 0.05) is 30.9 Å². The van der Waals surface area contributed by atoms with Crippen LogP contribution < -0.4 is 10.2 Å². The Hall–Kier alpha value is -3.08. The number of urea groups is 1. The van der Waals surface area contributed by atoms with Crippen LogP contribution in [0, 0.1) is 12.8 Å². The van der Waals surface area contributed by atoms with Gasteiger partial charge in [-0.25, -0.2) is 4.79 Å². The lowest BCUT2D eigenvalue weighted by Crippen LogP contribution is -2.42. The molecule has 1 fully saturated rings. The molecule has 2 atom stereocenters. The van der Waals surface area contributed by atoms with Gasteiger partial charge in [-0.3, -0.25) is 4.79 Å². The molecular weight excluding hydrogens is 398 g/mol. The van der Waals surface area contributed by atoms with Crippen molar-refractivity contribution in [3.63, 3.8) is 0 Å². The SMILES string of the molecule is C=CC1C[C@@H](C)CN1C(=O)NCc1ccc(C(=O)N2CCCCc3ccccc32)cc1C. The molecule has 1 unspecified atom stereocenters. The van der Waals surface area contributed by atoms with Gasteiger partial charge >= 0.3 is 6.03 Å². The first-order valence-electron chi connectivity index (χ1n) is 11.6. The van der Waals surface area contributed by atoms with Crippen LogP contribution in [0.25, 0.3) is 0 Å². The maximum absolute atomic E-state index is 13.4. The number of anilines is 1. The van der Waals surface area contributed by atoms with E-state index in [1.165, 1.54) is 5.56 Å². The lowest BCUT2D eigenvalue weighted by atomic mass is 10.0. The summed E-state index contributed by atoms with van der Waals surface area (Å²) in [6, 6.07) is 14.0. The number of hydrogen-bond acceptors (Lipinski definition) is 2. The first-order valence-corrected chi connectivity index (χ1v) is 11.6. The monoisotopic (exact) mass is 431 g/mol. The van der Waals surface area contributed by atoms with Crippen molar-refractivity contribution >= 4 is 17.6 Å². The average molecular weight is 432 g/mol. The minimum atomic E-state index is -0.0556. The first-order chi connectivity index (χ1) is 15.5. The molecule has 5 heteroatoms. The van der Waals surface area contributed by atoms with Crippen LogP contribution in [0.1, 0.15) is 53.2 Å². The van der Waals surface area contributed by atoms with Crippen molar-refractivity contribution in [2.24, 2.45) is 5.92 Å². The van der Waals surface area contributed by atoms with Crippen molar-refractivity contribution < 1.29 is 9.59 Å². The molecule has 5 nitrogen and oxygen atoms in total. The van der Waals surface area contributed by atoms with E-state index in [0.717, 1.165) is 55.6 Å². The number of benzene rings is 2. The number of likely N-dealkylation sites (tertiary alicyclic amines) is 1. The van der Waals surface area contributed by atoms with E-state index in [2.05, 4.69) is 24.9 Å². The molecule has 32 heavy (non-hydrogen) atoms. The molecule has 4 rings (SSSR count). The van der Waals surface area contributed by atoms with Gasteiger partial charge in [-0.15, -0.1) is 6.58 Å². The van der Waals surface area contributed by atoms with Gasteiger partial charge in [0.15, 0.2) is 0 Å². The van der Waals surface area contributed by atoms with E-state index in [0.29, 0.717) is 18.0 Å². The highest BCUT2D eigenvalue weighted by Gasteiger charge is 2.31. The van der Waals surface area contributed by atoms with Gasteiger partial charge in [0.2, 0.25) is 0 Å². The summed E-state index contributed by atoms with van der Waals surface area (Å²) < 4.78 is 0. The van der Waals surface area contributed by atoms with Crippen LogP contribution in [0.15, 0.2) is 55.1 Å². The zero-order chi connectivity index (χ0) is 22.7. The molecule has 168 valence electrons. The number of carbonyl (C=O) groups is 2. The average Bonchev–Trinajstić information content (AvgIpc) is 3.05. The Morgan fingerprint density at radius 3 is 2.78 bits per heavy atom. The summed E-state index contributed by atoms with van der Waals surface area (Å²) in [4.78, 5) is 29.8. The molecule has 2 aliphatic rings. The van der Waals surface area contributed by atoms with Crippen molar-refractivity contribution in [2.45, 2.75) is 52.1 Å². The van der Waals surface area contributed by atoms with Crippen LogP contribution in [0.2, 0.25) is 0 Å². The summed E-state index contributed by atoms with van der Waals surface area (Å²) in [5, 5.41) is 3.04. The Morgan fingerprint density at radius 2 is 2.00 bits per heavy atom. The summed E-state index contributed by atoms with van der Waals surface area (Å²) in [5.41, 5.74) is 4.99. The van der Waals surface area contributed by atoms with E-state index < -0.39 is 0 Å². The number of nitrogens with one attached hydrogen (secondary N) is 1. The largest absolute Gasteiger partial charge is 0.334 e. The van der Waals surface area contributed by atoms with Crippen molar-refractivity contribution in [3.8, 4) is 0 Å². The fourth-order valence-corrected chi connectivity index (χ4v) is 4.90. The van der Waals surface area contributed by atoms with Crippen LogP contribution in [0.4, 0.5) is 10.5 Å². The summed E-state index contributed by atoms with van der Waals surface area (Å²) in [5.74, 6) is 0.526. The van der Waals surface area contributed by atoms with Crippen LogP contribution in [-0.4, -0.2) is 36.0 Å². The van der Waals surface area contributed by atoms with Crippen molar-refractivity contribution in [1.29, 1.82) is 0 Å². The van der Waals surface area contributed by atoms with Crippen molar-refractivity contribution in [2.75, 3.05) is 18.0 Å². The minimum Gasteiger partial charge on any atom is -0.334 e. The first kappa shape index (κ1) is 22.1. The second-order valence-electron chi connectivity index (χ2n) is 9.14. The zero-order valence-corrected chi connectivity index (χ0v) is 19.1. The van der Waals surface area contributed by atoms with Gasteiger partial charge < -0.3 is 15.1 Å². The second kappa shape index (κ2) is 9.60. The highest BCUT2D eigenvalue weighted by molar-refractivity contribution is 6.06. The van der Waals surface area contributed by atoms with E-state index >= 15 is 0 Å². The summed E-state index contributed by atoms with van der Waals surface area (Å²) in [6.07, 6.45) is 5.94. The smallest absolute Gasteiger partial charge is 0.318 e. The van der Waals surface area contributed by atoms with Crippen molar-refractivity contribution in [1.82, 2.24) is 10.2 Å². The minimum absolute atomic E-state index is 0.0397. The molecule has 0 spiro atoms. The standard InChI is InChI=1S/C27H33N3O2/c1-4-24-15-19(2)18-30(24)27(32)28-17-23-13-12-22(16-20(23)3)26(31)29-14-8-7-10-21-9-5-6-11-25(21)29/h4-6,9,11-13,16,19,24H,1,7-8,10,14-15,17-18H2,2-3H3,(H,28,32)/t19-,24?/m1/s1. The Labute approximate surface area is 191 Å². The maximum atomic E-state index is 13.4. The van der Waals surface area contributed by atoms with Gasteiger partial charge in [0.05, 0.1) is 6.04 Å². The van der Waals surface area contributed by atoms with Crippen molar-refractivity contribution in [3.05, 3.63) is 77.4 Å². The molecular formula is C27H33N3O2. The molecule has 3 amide bonds. The number of nitrogens with zero attached hydrogens (tertiary/aromatic N) is 2.